The lowest BCUT2D eigenvalue weighted by atomic mass is 9.97. The summed E-state index contributed by atoms with van der Waals surface area (Å²) in [5.74, 6) is -0.715. The molecule has 3 unspecified atom stereocenters. The Morgan fingerprint density at radius 2 is 1.85 bits per heavy atom. The Morgan fingerprint density at radius 1 is 1.19 bits per heavy atom. The number of carbonyl (C=O) groups excluding carboxylic acids is 2. The largest absolute Gasteiger partial charge is 0.508 e. The van der Waals surface area contributed by atoms with Gasteiger partial charge < -0.3 is 14.2 Å². The van der Waals surface area contributed by atoms with E-state index in [4.69, 9.17) is 14.2 Å². The van der Waals surface area contributed by atoms with Gasteiger partial charge in [-0.05, 0) is 44.9 Å². The number of hydrogen-bond acceptors (Lipinski definition) is 6. The normalized spacial score (nSPS) is 22.3. The van der Waals surface area contributed by atoms with Crippen LogP contribution < -0.4 is 5.32 Å². The number of carbonyl (C=O) groups is 2. The lowest BCUT2D eigenvalue weighted by molar-refractivity contribution is -0.159. The van der Waals surface area contributed by atoms with E-state index in [1.165, 1.54) is 12.1 Å². The van der Waals surface area contributed by atoms with E-state index in [9.17, 15) is 14.0 Å². The van der Waals surface area contributed by atoms with Crippen LogP contribution >= 0.6 is 0 Å². The molecule has 6 nitrogen and oxygen atoms in total. The summed E-state index contributed by atoms with van der Waals surface area (Å²) in [5, 5.41) is 3.15. The molecule has 1 fully saturated rings. The number of nitrogens with one attached hydrogen (secondary N) is 1. The molecule has 0 spiro atoms. The molecule has 0 amide bonds. The number of halogens is 1. The molecule has 0 aliphatic carbocycles. The molecule has 1 aliphatic rings. The lowest BCUT2D eigenvalue weighted by Crippen LogP contribution is -2.34. The Kier molecular flexibility index (Phi) is 7.18. The molecule has 150 valence electrons. The third kappa shape index (κ3) is 6.20. The molecular weight excluding hydrogens is 353 g/mol. The van der Waals surface area contributed by atoms with E-state index in [0.29, 0.717) is 6.61 Å². The maximum atomic E-state index is 13.2. The molecule has 1 aromatic carbocycles. The highest BCUT2D eigenvalue weighted by atomic mass is 19.1. The van der Waals surface area contributed by atoms with Gasteiger partial charge in [-0.3, -0.25) is 10.1 Å². The first kappa shape index (κ1) is 21.2. The SMILES string of the molecule is CCCCOC(=O)OC1CC(OC(=O)C(C)(C)C)NC1c1ccc(F)cc1. The van der Waals surface area contributed by atoms with E-state index >= 15 is 0 Å². The standard InChI is InChI=1S/C20H28FNO5/c1-5-6-11-25-19(24)26-15-12-16(27-18(23)20(2,3)4)22-17(15)13-7-9-14(21)10-8-13/h7-10,15-17,22H,5-6,11-12H2,1-4H3. The number of hydrogen-bond donors (Lipinski definition) is 1. The second-order valence-corrected chi connectivity index (χ2v) is 7.68. The van der Waals surface area contributed by atoms with Crippen LogP contribution in [0.15, 0.2) is 24.3 Å². The van der Waals surface area contributed by atoms with Crippen LogP contribution in [0.4, 0.5) is 9.18 Å². The molecule has 27 heavy (non-hydrogen) atoms. The van der Waals surface area contributed by atoms with Crippen molar-refractivity contribution in [2.24, 2.45) is 5.41 Å². The number of rotatable bonds is 6. The van der Waals surface area contributed by atoms with Crippen molar-refractivity contribution in [1.82, 2.24) is 5.32 Å². The summed E-state index contributed by atoms with van der Waals surface area (Å²) in [6.45, 7) is 7.58. The zero-order valence-electron chi connectivity index (χ0n) is 16.3. The quantitative estimate of drug-likeness (QED) is 0.591. The Bertz CT molecular complexity index is 641. The topological polar surface area (TPSA) is 73.9 Å². The van der Waals surface area contributed by atoms with E-state index in [1.807, 2.05) is 6.92 Å². The van der Waals surface area contributed by atoms with Crippen molar-refractivity contribution < 1.29 is 28.2 Å². The monoisotopic (exact) mass is 381 g/mol. The highest BCUT2D eigenvalue weighted by Gasteiger charge is 2.40. The zero-order valence-corrected chi connectivity index (χ0v) is 16.3. The first-order chi connectivity index (χ1) is 12.7. The van der Waals surface area contributed by atoms with Crippen LogP contribution in [0.25, 0.3) is 0 Å². The van der Waals surface area contributed by atoms with Crippen LogP contribution in [0.3, 0.4) is 0 Å². The molecule has 1 heterocycles. The second-order valence-electron chi connectivity index (χ2n) is 7.68. The molecule has 7 heteroatoms. The van der Waals surface area contributed by atoms with E-state index in [1.54, 1.807) is 32.9 Å². The van der Waals surface area contributed by atoms with Gasteiger partial charge in [0, 0.05) is 6.42 Å². The minimum Gasteiger partial charge on any atom is -0.446 e. The van der Waals surface area contributed by atoms with Gasteiger partial charge in [0.25, 0.3) is 0 Å². The predicted molar refractivity (Wildman–Crippen MR) is 97.4 cm³/mol. The fourth-order valence-electron chi connectivity index (χ4n) is 2.67. The van der Waals surface area contributed by atoms with Gasteiger partial charge in [-0.25, -0.2) is 9.18 Å². The van der Waals surface area contributed by atoms with Crippen molar-refractivity contribution in [3.8, 4) is 0 Å². The summed E-state index contributed by atoms with van der Waals surface area (Å²) in [7, 11) is 0. The third-order valence-electron chi connectivity index (χ3n) is 4.24. The number of unbranched alkanes of at least 4 members (excludes halogenated alkanes) is 1. The Labute approximate surface area is 159 Å². The predicted octanol–water partition coefficient (Wildman–Crippen LogP) is 4.10. The van der Waals surface area contributed by atoms with Gasteiger partial charge in [0.2, 0.25) is 0 Å². The van der Waals surface area contributed by atoms with Crippen molar-refractivity contribution in [2.75, 3.05) is 6.61 Å². The number of ether oxygens (including phenoxy) is 3. The first-order valence-electron chi connectivity index (χ1n) is 9.26. The fourth-order valence-corrected chi connectivity index (χ4v) is 2.67. The zero-order chi connectivity index (χ0) is 20.0. The second kappa shape index (κ2) is 9.17. The molecule has 0 bridgehead atoms. The fraction of sp³-hybridized carbons (Fsp3) is 0.600. The van der Waals surface area contributed by atoms with Gasteiger partial charge in [0.05, 0.1) is 18.1 Å². The Morgan fingerprint density at radius 3 is 2.44 bits per heavy atom. The molecule has 0 saturated carbocycles. The summed E-state index contributed by atoms with van der Waals surface area (Å²) in [4.78, 5) is 24.1. The van der Waals surface area contributed by atoms with Crippen LogP contribution in [-0.4, -0.2) is 31.1 Å². The molecule has 1 saturated heterocycles. The number of benzene rings is 1. The molecule has 1 aliphatic heterocycles. The third-order valence-corrected chi connectivity index (χ3v) is 4.24. The summed E-state index contributed by atoms with van der Waals surface area (Å²) in [6, 6.07) is 5.46. The number of esters is 1. The van der Waals surface area contributed by atoms with Gasteiger partial charge in [0.1, 0.15) is 11.9 Å². The smallest absolute Gasteiger partial charge is 0.446 e. The summed E-state index contributed by atoms with van der Waals surface area (Å²) in [6.07, 6.45) is -0.0213. The van der Waals surface area contributed by atoms with Crippen LogP contribution in [0.5, 0.6) is 0 Å². The van der Waals surface area contributed by atoms with Gasteiger partial charge in [-0.1, -0.05) is 25.5 Å². The molecule has 1 aromatic rings. The van der Waals surface area contributed by atoms with E-state index in [0.717, 1.165) is 18.4 Å². The summed E-state index contributed by atoms with van der Waals surface area (Å²) >= 11 is 0. The van der Waals surface area contributed by atoms with Crippen molar-refractivity contribution in [2.45, 2.75) is 65.3 Å². The van der Waals surface area contributed by atoms with Gasteiger partial charge in [0.15, 0.2) is 6.23 Å². The molecule has 0 radical (unpaired) electrons. The Hall–Kier alpha value is -2.15. The summed E-state index contributed by atoms with van der Waals surface area (Å²) < 4.78 is 29.2. The molecule has 0 aromatic heterocycles. The average Bonchev–Trinajstić information content (AvgIpc) is 2.97. The van der Waals surface area contributed by atoms with Gasteiger partial charge in [-0.2, -0.15) is 0 Å². The average molecular weight is 381 g/mol. The van der Waals surface area contributed by atoms with Crippen molar-refractivity contribution >= 4 is 12.1 Å². The first-order valence-corrected chi connectivity index (χ1v) is 9.26. The van der Waals surface area contributed by atoms with Gasteiger partial charge >= 0.3 is 12.1 Å². The lowest BCUT2D eigenvalue weighted by Gasteiger charge is -2.21. The highest BCUT2D eigenvalue weighted by molar-refractivity contribution is 5.75. The molecular formula is C20H28FNO5. The highest BCUT2D eigenvalue weighted by Crippen LogP contribution is 2.31. The van der Waals surface area contributed by atoms with E-state index in [2.05, 4.69) is 5.32 Å². The summed E-state index contributed by atoms with van der Waals surface area (Å²) in [5.41, 5.74) is 0.0857. The van der Waals surface area contributed by atoms with Crippen molar-refractivity contribution in [1.29, 1.82) is 0 Å². The molecule has 3 atom stereocenters. The van der Waals surface area contributed by atoms with Crippen LogP contribution in [0.2, 0.25) is 0 Å². The van der Waals surface area contributed by atoms with Crippen LogP contribution in [-0.2, 0) is 19.0 Å². The van der Waals surface area contributed by atoms with E-state index < -0.39 is 29.9 Å². The maximum absolute atomic E-state index is 13.2. The molecule has 1 N–H and O–H groups in total. The van der Waals surface area contributed by atoms with Gasteiger partial charge in [-0.15, -0.1) is 0 Å². The van der Waals surface area contributed by atoms with E-state index in [-0.39, 0.29) is 18.2 Å². The Balaban J connectivity index is 2.08. The van der Waals surface area contributed by atoms with Crippen molar-refractivity contribution in [3.05, 3.63) is 35.6 Å². The van der Waals surface area contributed by atoms with Crippen LogP contribution in [0, 0.1) is 11.2 Å². The van der Waals surface area contributed by atoms with Crippen molar-refractivity contribution in [3.63, 3.8) is 0 Å². The minimum atomic E-state index is -0.759. The minimum absolute atomic E-state index is 0.284. The molecule has 2 rings (SSSR count). The van der Waals surface area contributed by atoms with Crippen LogP contribution in [0.1, 0.15) is 58.6 Å². The maximum Gasteiger partial charge on any atom is 0.508 e.